The number of fused-ring (bicyclic) bond motifs is 1. The number of allylic oxidation sites excluding steroid dienone is 2. The van der Waals surface area contributed by atoms with Crippen molar-refractivity contribution in [2.24, 2.45) is 11.3 Å². The van der Waals surface area contributed by atoms with Gasteiger partial charge in [0.25, 0.3) is 5.91 Å². The molecular weight excluding hydrogens is 482 g/mol. The highest BCUT2D eigenvalue weighted by atomic mass is 16.5. The summed E-state index contributed by atoms with van der Waals surface area (Å²) in [5, 5.41) is 3.51. The van der Waals surface area contributed by atoms with Gasteiger partial charge in [0.15, 0.2) is 22.8 Å². The standard InChI is InChI=1S/C26H25N3O8/c1-25(24(33)37-5)22(31)17-19(28-25)14(30)8-16-26(17)9-12(26)10-29(16)23(32)13-6-11-7-15(34-2)20(35-3)21(36-4)18(11)27-13/h6-8,12,27-28H,9-10H2,1-5H3/t12-,25+,26-/m0/s1. The number of aromatic nitrogens is 1. The summed E-state index contributed by atoms with van der Waals surface area (Å²) in [4.78, 5) is 57.5. The molecule has 3 atom stereocenters. The summed E-state index contributed by atoms with van der Waals surface area (Å²) in [5.74, 6) is -0.852. The fourth-order valence-corrected chi connectivity index (χ4v) is 6.15. The first-order chi connectivity index (χ1) is 17.7. The van der Waals surface area contributed by atoms with Crippen LogP contribution in [0.1, 0.15) is 23.8 Å². The van der Waals surface area contributed by atoms with Crippen LogP contribution in [0.2, 0.25) is 0 Å². The lowest BCUT2D eigenvalue weighted by Crippen LogP contribution is -2.52. The first-order valence-corrected chi connectivity index (χ1v) is 11.7. The maximum absolute atomic E-state index is 13.8. The molecule has 0 bridgehead atoms. The number of rotatable bonds is 5. The van der Waals surface area contributed by atoms with Crippen molar-refractivity contribution in [3.8, 4) is 17.2 Å². The van der Waals surface area contributed by atoms with Gasteiger partial charge in [-0.2, -0.15) is 0 Å². The van der Waals surface area contributed by atoms with Crippen molar-refractivity contribution in [2.45, 2.75) is 18.9 Å². The van der Waals surface area contributed by atoms with Gasteiger partial charge in [-0.05, 0) is 31.4 Å². The van der Waals surface area contributed by atoms with E-state index in [0.29, 0.717) is 46.8 Å². The van der Waals surface area contributed by atoms with Gasteiger partial charge in [-0.1, -0.05) is 0 Å². The Hall–Kier alpha value is -4.28. The molecule has 0 radical (unpaired) electrons. The van der Waals surface area contributed by atoms with E-state index in [9.17, 15) is 19.2 Å². The van der Waals surface area contributed by atoms with Crippen molar-refractivity contribution in [2.75, 3.05) is 35.0 Å². The van der Waals surface area contributed by atoms with E-state index < -0.39 is 28.5 Å². The summed E-state index contributed by atoms with van der Waals surface area (Å²) in [7, 11) is 5.70. The largest absolute Gasteiger partial charge is 0.493 e. The molecule has 2 N–H and O–H groups in total. The Morgan fingerprint density at radius 3 is 2.43 bits per heavy atom. The third-order valence-corrected chi connectivity index (χ3v) is 8.01. The Morgan fingerprint density at radius 1 is 1.05 bits per heavy atom. The summed E-state index contributed by atoms with van der Waals surface area (Å²) < 4.78 is 21.2. The molecule has 1 saturated heterocycles. The van der Waals surface area contributed by atoms with E-state index in [1.54, 1.807) is 17.0 Å². The highest BCUT2D eigenvalue weighted by Crippen LogP contribution is 2.70. The molecule has 1 spiro atoms. The zero-order valence-corrected chi connectivity index (χ0v) is 20.9. The highest BCUT2D eigenvalue weighted by Gasteiger charge is 2.73. The second-order valence-electron chi connectivity index (χ2n) is 9.80. The van der Waals surface area contributed by atoms with Crippen LogP contribution >= 0.6 is 0 Å². The number of nitrogens with one attached hydrogen (secondary N) is 2. The number of ketones is 2. The highest BCUT2D eigenvalue weighted by molar-refractivity contribution is 6.26. The molecular formula is C26H25N3O8. The second-order valence-corrected chi connectivity index (χ2v) is 9.80. The smallest absolute Gasteiger partial charge is 0.339 e. The normalized spacial score (nSPS) is 27.3. The molecule has 37 heavy (non-hydrogen) atoms. The Bertz CT molecular complexity index is 1520. The molecule has 1 aromatic carbocycles. The molecule has 3 heterocycles. The van der Waals surface area contributed by atoms with Gasteiger partial charge in [0.1, 0.15) is 5.69 Å². The van der Waals surface area contributed by atoms with Crippen LogP contribution in [-0.4, -0.2) is 73.8 Å². The SMILES string of the molecule is COC(=O)[C@]1(C)NC2=C(C1=O)[C@@]13C[C@H]1CN(C(=O)c1cc4cc(OC)c(OC)c(OC)c4[nH]1)C3=CC2=O. The number of hydrogen-bond donors (Lipinski definition) is 2. The number of H-pyrrole nitrogens is 1. The van der Waals surface area contributed by atoms with E-state index in [1.807, 2.05) is 0 Å². The lowest BCUT2D eigenvalue weighted by molar-refractivity contribution is -0.150. The minimum absolute atomic E-state index is 0.0364. The average Bonchev–Trinajstić information content (AvgIpc) is 3.15. The number of nitrogens with zero attached hydrogens (tertiary/aromatic N) is 1. The van der Waals surface area contributed by atoms with Gasteiger partial charge in [-0.25, -0.2) is 4.79 Å². The van der Waals surface area contributed by atoms with Crippen molar-refractivity contribution in [1.82, 2.24) is 15.2 Å². The van der Waals surface area contributed by atoms with Gasteiger partial charge in [0.05, 0.1) is 39.7 Å². The Kier molecular flexibility index (Phi) is 4.61. The van der Waals surface area contributed by atoms with Crippen molar-refractivity contribution >= 4 is 34.3 Å². The first-order valence-electron chi connectivity index (χ1n) is 11.7. The van der Waals surface area contributed by atoms with Gasteiger partial charge in [-0.15, -0.1) is 0 Å². The van der Waals surface area contributed by atoms with E-state index in [1.165, 1.54) is 41.4 Å². The molecule has 1 amide bonds. The van der Waals surface area contributed by atoms with Crippen molar-refractivity contribution < 1.29 is 38.1 Å². The van der Waals surface area contributed by atoms with Crippen LogP contribution in [0.4, 0.5) is 0 Å². The summed E-state index contributed by atoms with van der Waals surface area (Å²) >= 11 is 0. The third kappa shape index (κ3) is 2.71. The number of benzene rings is 1. The number of ether oxygens (including phenoxy) is 4. The molecule has 0 unspecified atom stereocenters. The van der Waals surface area contributed by atoms with Crippen LogP contribution in [0, 0.1) is 11.3 Å². The molecule has 11 nitrogen and oxygen atoms in total. The van der Waals surface area contributed by atoms with Crippen molar-refractivity contribution in [3.63, 3.8) is 0 Å². The van der Waals surface area contributed by atoms with E-state index in [4.69, 9.17) is 18.9 Å². The maximum Gasteiger partial charge on any atom is 0.339 e. The van der Waals surface area contributed by atoms with E-state index >= 15 is 0 Å². The molecule has 2 fully saturated rings. The molecule has 11 heteroatoms. The number of amides is 1. The first kappa shape index (κ1) is 23.1. The fourth-order valence-electron chi connectivity index (χ4n) is 6.15. The van der Waals surface area contributed by atoms with E-state index in [0.717, 1.165) is 0 Å². The summed E-state index contributed by atoms with van der Waals surface area (Å²) in [6, 6.07) is 3.43. The fraction of sp³-hybridized carbons (Fsp3) is 0.385. The lowest BCUT2D eigenvalue weighted by Gasteiger charge is -2.28. The topological polar surface area (TPSA) is 136 Å². The summed E-state index contributed by atoms with van der Waals surface area (Å²) in [6.07, 6.45) is 2.02. The average molecular weight is 507 g/mol. The maximum atomic E-state index is 13.8. The van der Waals surface area contributed by atoms with Gasteiger partial charge >= 0.3 is 5.97 Å². The van der Waals surface area contributed by atoms with Crippen LogP contribution in [-0.2, 0) is 19.1 Å². The summed E-state index contributed by atoms with van der Waals surface area (Å²) in [5.41, 5.74) is -0.733. The molecule has 192 valence electrons. The molecule has 1 aromatic heterocycles. The third-order valence-electron chi connectivity index (χ3n) is 8.01. The van der Waals surface area contributed by atoms with Gasteiger partial charge in [0.2, 0.25) is 11.5 Å². The monoisotopic (exact) mass is 507 g/mol. The molecule has 2 aliphatic carbocycles. The van der Waals surface area contributed by atoms with E-state index in [-0.39, 0.29) is 28.8 Å². The van der Waals surface area contributed by atoms with Crippen LogP contribution < -0.4 is 19.5 Å². The Labute approximate surface area is 211 Å². The van der Waals surface area contributed by atoms with Crippen LogP contribution in [0.3, 0.4) is 0 Å². The Morgan fingerprint density at radius 2 is 1.78 bits per heavy atom. The molecule has 4 aliphatic rings. The number of esters is 1. The molecule has 2 aromatic rings. The number of methoxy groups -OCH3 is 4. The Balaban J connectivity index is 1.38. The number of piperidine rings is 1. The lowest BCUT2D eigenvalue weighted by atomic mass is 9.80. The predicted octanol–water partition coefficient (Wildman–Crippen LogP) is 1.48. The number of carbonyl (C=O) groups excluding carboxylic acids is 4. The minimum atomic E-state index is -1.68. The van der Waals surface area contributed by atoms with Crippen molar-refractivity contribution in [3.05, 3.63) is 40.9 Å². The minimum Gasteiger partial charge on any atom is -0.493 e. The zero-order valence-electron chi connectivity index (χ0n) is 20.9. The number of aromatic amines is 1. The van der Waals surface area contributed by atoms with E-state index in [2.05, 4.69) is 10.3 Å². The number of Topliss-reactive ketones (excluding diaryl/α,β-unsaturated/α-hetero) is 1. The molecule has 6 rings (SSSR count). The van der Waals surface area contributed by atoms with Crippen LogP contribution in [0.15, 0.2) is 35.2 Å². The van der Waals surface area contributed by atoms with Gasteiger partial charge in [-0.3, -0.25) is 14.4 Å². The molecule has 2 aliphatic heterocycles. The number of likely N-dealkylation sites (tertiary alicyclic amines) is 1. The summed E-state index contributed by atoms with van der Waals surface area (Å²) in [6.45, 7) is 1.76. The van der Waals surface area contributed by atoms with Gasteiger partial charge in [0, 0.05) is 34.7 Å². The number of hydrogen-bond acceptors (Lipinski definition) is 9. The second kappa shape index (κ2) is 7.37. The predicted molar refractivity (Wildman–Crippen MR) is 128 cm³/mol. The van der Waals surface area contributed by atoms with Crippen LogP contribution in [0.5, 0.6) is 17.2 Å². The van der Waals surface area contributed by atoms with Gasteiger partial charge < -0.3 is 34.1 Å². The van der Waals surface area contributed by atoms with Crippen LogP contribution in [0.25, 0.3) is 10.9 Å². The number of carbonyl (C=O) groups is 4. The molecule has 1 saturated carbocycles. The quantitative estimate of drug-likeness (QED) is 0.456. The van der Waals surface area contributed by atoms with Crippen molar-refractivity contribution in [1.29, 1.82) is 0 Å². The zero-order chi connectivity index (χ0) is 26.4.